The number of fused-ring (bicyclic) bond motifs is 24. The van der Waals surface area contributed by atoms with Crippen LogP contribution in [0.2, 0.25) is 0 Å². The van der Waals surface area contributed by atoms with Gasteiger partial charge in [0.2, 0.25) is 0 Å². The number of benzene rings is 16. The third-order valence-electron chi connectivity index (χ3n) is 23.0. The van der Waals surface area contributed by atoms with Crippen LogP contribution in [0, 0.1) is 111 Å². The van der Waals surface area contributed by atoms with Gasteiger partial charge < -0.3 is 26.5 Å². The molecule has 16 aromatic carbocycles. The summed E-state index contributed by atoms with van der Waals surface area (Å²) in [7, 11) is 0. The molecule has 0 bridgehead atoms. The Labute approximate surface area is 707 Å². The maximum absolute atomic E-state index is 5.86. The summed E-state index contributed by atoms with van der Waals surface area (Å²) < 4.78 is 40.6. The van der Waals surface area contributed by atoms with Crippen molar-refractivity contribution in [1.29, 1.82) is 0 Å². The Kier molecular flexibility index (Phi) is 22.0. The number of hydrogen-bond acceptors (Lipinski definition) is 8. The molecule has 24 rings (SSSR count). The lowest BCUT2D eigenvalue weighted by molar-refractivity contribution is 0.665. The highest BCUT2D eigenvalue weighted by molar-refractivity contribution is 7.26. The predicted octanol–water partition coefficient (Wildman–Crippen LogP) is 34.6. The zero-order valence-corrected chi connectivity index (χ0v) is 72.6. The third-order valence-corrected chi connectivity index (χ3v) is 25.6. The fourth-order valence-electron chi connectivity index (χ4n) is 16.8. The van der Waals surface area contributed by atoms with Crippen LogP contribution in [0.3, 0.4) is 0 Å². The number of hydrogen-bond donors (Lipinski definition) is 0. The van der Waals surface area contributed by atoms with Crippen molar-refractivity contribution >= 4 is 195 Å². The maximum atomic E-state index is 5.86. The molecule has 24 aromatic rings. The highest BCUT2D eigenvalue weighted by Gasteiger charge is 2.16. The second kappa shape index (κ2) is 33.3. The van der Waals surface area contributed by atoms with Crippen LogP contribution in [0.1, 0.15) is 89.0 Å². The third kappa shape index (κ3) is 15.6. The molecular formula is C112H96O6S2. The SMILES string of the molecule is Cc1ccc(C)c2c1sc1ccccc12.Cc1ccc2c(c1)oc1c(C)cccc12.Cc1ccc2c(c1)oc1cc(C)ccc12.Cc1ccc2c(c1)oc1cccc(C)c12.Cc1ccc2oc3c(C)cccc3c2c1.Cc1ccc2oc3cccc(C)c3c2c1.Cc1cccc2c1sc1cccc(C)c12.Cc1cccc2oc3cccc(C)c3c12. The first-order valence-electron chi connectivity index (χ1n) is 41.1. The molecule has 592 valence electrons. The summed E-state index contributed by atoms with van der Waals surface area (Å²) in [5.74, 6) is 0. The van der Waals surface area contributed by atoms with Gasteiger partial charge in [0.1, 0.15) is 67.0 Å². The van der Waals surface area contributed by atoms with E-state index in [0.29, 0.717) is 0 Å². The van der Waals surface area contributed by atoms with E-state index in [2.05, 4.69) is 341 Å². The predicted molar refractivity (Wildman–Crippen MR) is 517 cm³/mol. The average molecular weight is 1600 g/mol. The van der Waals surface area contributed by atoms with Crippen molar-refractivity contribution in [3.63, 3.8) is 0 Å². The van der Waals surface area contributed by atoms with Gasteiger partial charge in [-0.3, -0.25) is 0 Å². The van der Waals surface area contributed by atoms with E-state index in [-0.39, 0.29) is 0 Å². The maximum Gasteiger partial charge on any atom is 0.138 e. The number of para-hydroxylation sites is 2. The summed E-state index contributed by atoms with van der Waals surface area (Å²) in [6.45, 7) is 34.0. The first kappa shape index (κ1) is 79.2. The zero-order valence-electron chi connectivity index (χ0n) is 71.0. The van der Waals surface area contributed by atoms with Gasteiger partial charge in [-0.15, -0.1) is 22.7 Å². The quantitative estimate of drug-likeness (QED) is 0.151. The lowest BCUT2D eigenvalue weighted by Gasteiger charge is -1.99. The summed E-state index contributed by atoms with van der Waals surface area (Å²) in [6, 6.07) is 102. The van der Waals surface area contributed by atoms with Crippen molar-refractivity contribution < 1.29 is 26.5 Å². The Hall–Kier alpha value is -13.2. The number of thiophene rings is 2. The molecule has 0 aliphatic carbocycles. The van der Waals surface area contributed by atoms with Crippen LogP contribution in [0.4, 0.5) is 0 Å². The van der Waals surface area contributed by atoms with Crippen molar-refractivity contribution in [3.8, 4) is 0 Å². The molecule has 8 heteroatoms. The van der Waals surface area contributed by atoms with E-state index in [1.807, 2.05) is 83.3 Å². The Morgan fingerprint density at radius 2 is 0.475 bits per heavy atom. The minimum absolute atomic E-state index is 0.977. The van der Waals surface area contributed by atoms with Crippen LogP contribution in [-0.2, 0) is 0 Å². The van der Waals surface area contributed by atoms with Crippen LogP contribution in [0.5, 0.6) is 0 Å². The molecule has 0 saturated carbocycles. The van der Waals surface area contributed by atoms with E-state index in [4.69, 9.17) is 26.5 Å². The lowest BCUT2D eigenvalue weighted by Crippen LogP contribution is -1.77. The van der Waals surface area contributed by atoms with E-state index in [0.717, 1.165) is 67.0 Å². The van der Waals surface area contributed by atoms with Gasteiger partial charge in [0.25, 0.3) is 0 Å². The van der Waals surface area contributed by atoms with Gasteiger partial charge in [0, 0.05) is 105 Å². The van der Waals surface area contributed by atoms with Gasteiger partial charge in [0.05, 0.1) is 0 Å². The van der Waals surface area contributed by atoms with Crippen molar-refractivity contribution in [3.05, 3.63) is 380 Å². The fraction of sp³-hybridized carbons (Fsp3) is 0.143. The van der Waals surface area contributed by atoms with Crippen LogP contribution in [0.25, 0.3) is 172 Å². The normalized spacial score (nSPS) is 11.3. The Morgan fingerprint density at radius 1 is 0.158 bits per heavy atom. The van der Waals surface area contributed by atoms with Crippen molar-refractivity contribution in [1.82, 2.24) is 0 Å². The van der Waals surface area contributed by atoms with Crippen molar-refractivity contribution in [2.75, 3.05) is 0 Å². The van der Waals surface area contributed by atoms with Gasteiger partial charge in [0.15, 0.2) is 0 Å². The number of furan rings is 6. The van der Waals surface area contributed by atoms with E-state index in [9.17, 15) is 0 Å². The molecule has 0 atom stereocenters. The van der Waals surface area contributed by atoms with Crippen LogP contribution < -0.4 is 0 Å². The van der Waals surface area contributed by atoms with E-state index in [1.165, 1.54) is 194 Å². The molecular weight excluding hydrogens is 1510 g/mol. The number of aryl methyl sites for hydroxylation is 16. The Balaban J connectivity index is 0.0000000979. The number of rotatable bonds is 0. The molecule has 120 heavy (non-hydrogen) atoms. The largest absolute Gasteiger partial charge is 0.456 e. The minimum atomic E-state index is 0.977. The molecule has 0 radical (unpaired) electrons. The molecule has 0 spiro atoms. The lowest BCUT2D eigenvalue weighted by atomic mass is 10.0. The van der Waals surface area contributed by atoms with Crippen molar-refractivity contribution in [2.45, 2.75) is 111 Å². The average Bonchev–Trinajstić information content (AvgIpc) is 1.63. The molecule has 0 N–H and O–H groups in total. The smallest absolute Gasteiger partial charge is 0.138 e. The van der Waals surface area contributed by atoms with Gasteiger partial charge >= 0.3 is 0 Å². The van der Waals surface area contributed by atoms with Gasteiger partial charge in [-0.25, -0.2) is 0 Å². The van der Waals surface area contributed by atoms with E-state index >= 15 is 0 Å². The molecule has 6 nitrogen and oxygen atoms in total. The molecule has 0 aliphatic heterocycles. The molecule has 8 heterocycles. The molecule has 0 unspecified atom stereocenters. The Morgan fingerprint density at radius 3 is 1.03 bits per heavy atom. The van der Waals surface area contributed by atoms with E-state index in [1.54, 1.807) is 0 Å². The van der Waals surface area contributed by atoms with Crippen LogP contribution in [0.15, 0.2) is 318 Å². The van der Waals surface area contributed by atoms with Crippen molar-refractivity contribution in [2.24, 2.45) is 0 Å². The molecule has 0 fully saturated rings. The highest BCUT2D eigenvalue weighted by atomic mass is 32.1. The zero-order chi connectivity index (χ0) is 83.3. The van der Waals surface area contributed by atoms with Gasteiger partial charge in [-0.2, -0.15) is 0 Å². The summed E-state index contributed by atoms with van der Waals surface area (Å²) in [5, 5.41) is 20.4. The van der Waals surface area contributed by atoms with Gasteiger partial charge in [-0.05, 0) is 274 Å². The first-order chi connectivity index (χ1) is 58.1. The highest BCUT2D eigenvalue weighted by Crippen LogP contribution is 2.42. The summed E-state index contributed by atoms with van der Waals surface area (Å²) in [4.78, 5) is 0. The Bertz CT molecular complexity index is 7830. The second-order valence-corrected chi connectivity index (χ2v) is 34.4. The van der Waals surface area contributed by atoms with E-state index < -0.39 is 0 Å². The molecule has 0 saturated heterocycles. The standard InChI is InChI=1S/6C14H12O.2C14H12S/c1-9-3-5-11-12-6-4-10(2)8-14(12)15-13(11)7-9;1-9-5-3-7-11-13(9)14-10(2)6-4-8-12(14)15-11;1-9-6-7-12-11(8-9)14-10(2)4-3-5-13(14)15-12;1-9-6-7-11-13(8-9)15-12-5-3-4-10(2)14(11)12;1-9-6-7-11-12-5-3-4-10(2)14(12)15-13(11)8-9;1-9-6-7-13-12(8-9)11-5-3-4-10(2)14(11)15-13;1-9-5-4-8-12-13(9)11-7-3-6-10(2)14(11)15-12;1-9-7-8-10(2)14-13(9)11-5-3-4-6-12(11)15-14/h8*3-8H,1-2H3. The van der Waals surface area contributed by atoms with Crippen LogP contribution >= 0.6 is 22.7 Å². The second-order valence-electron chi connectivity index (χ2n) is 32.3. The summed E-state index contributed by atoms with van der Waals surface area (Å²) in [5.41, 5.74) is 32.4. The molecule has 0 amide bonds. The fourth-order valence-corrected chi connectivity index (χ4v) is 19.3. The minimum Gasteiger partial charge on any atom is -0.456 e. The van der Waals surface area contributed by atoms with Gasteiger partial charge in [-0.1, -0.05) is 217 Å². The molecule has 0 aliphatic rings. The monoisotopic (exact) mass is 1600 g/mol. The van der Waals surface area contributed by atoms with Crippen LogP contribution in [-0.4, -0.2) is 0 Å². The first-order valence-corrected chi connectivity index (χ1v) is 42.8. The topological polar surface area (TPSA) is 78.8 Å². The summed E-state index contributed by atoms with van der Waals surface area (Å²) in [6.07, 6.45) is 0. The summed E-state index contributed by atoms with van der Waals surface area (Å²) >= 11 is 3.80. The molecule has 8 aromatic heterocycles.